The topological polar surface area (TPSA) is 86.5 Å². The predicted octanol–water partition coefficient (Wildman–Crippen LogP) is 3.59. The third-order valence-electron chi connectivity index (χ3n) is 3.27. The summed E-state index contributed by atoms with van der Waals surface area (Å²) in [7, 11) is 0. The summed E-state index contributed by atoms with van der Waals surface area (Å²) >= 11 is 5.72. The second-order valence-corrected chi connectivity index (χ2v) is 5.13. The lowest BCUT2D eigenvalue weighted by molar-refractivity contribution is -0.384. The minimum Gasteiger partial charge on any atom is -0.453 e. The first-order valence-corrected chi connectivity index (χ1v) is 6.86. The SMILES string of the molecule is O=C1C=C(Oc2ccc(Cl)c([N+](=O)[O-])c2)C(=O)c2ccccc21. The Labute approximate surface area is 135 Å². The summed E-state index contributed by atoms with van der Waals surface area (Å²) in [4.78, 5) is 34.6. The monoisotopic (exact) mass is 329 g/mol. The highest BCUT2D eigenvalue weighted by atomic mass is 35.5. The summed E-state index contributed by atoms with van der Waals surface area (Å²) in [5, 5.41) is 10.8. The molecule has 6 nitrogen and oxygen atoms in total. The average molecular weight is 330 g/mol. The van der Waals surface area contributed by atoms with Crippen molar-refractivity contribution < 1.29 is 19.2 Å². The van der Waals surface area contributed by atoms with Crippen LogP contribution in [0, 0.1) is 10.1 Å². The minimum atomic E-state index is -0.660. The van der Waals surface area contributed by atoms with E-state index in [1.165, 1.54) is 18.2 Å². The molecule has 2 aromatic rings. The number of carbonyl (C=O) groups excluding carboxylic acids is 2. The molecular weight excluding hydrogens is 322 g/mol. The Bertz CT molecular complexity index is 888. The van der Waals surface area contributed by atoms with Crippen LogP contribution in [-0.2, 0) is 0 Å². The maximum atomic E-state index is 12.3. The normalized spacial score (nSPS) is 13.3. The van der Waals surface area contributed by atoms with Crippen molar-refractivity contribution in [2.24, 2.45) is 0 Å². The van der Waals surface area contributed by atoms with Gasteiger partial charge in [-0.2, -0.15) is 0 Å². The van der Waals surface area contributed by atoms with Crippen molar-refractivity contribution in [2.75, 3.05) is 0 Å². The van der Waals surface area contributed by atoms with Gasteiger partial charge in [0.2, 0.25) is 5.78 Å². The van der Waals surface area contributed by atoms with Crippen LogP contribution in [0.25, 0.3) is 0 Å². The number of nitro benzene ring substituents is 1. The smallest absolute Gasteiger partial charge is 0.291 e. The number of Topliss-reactive ketones (excluding diaryl/α,β-unsaturated/α-hetero) is 1. The van der Waals surface area contributed by atoms with Gasteiger partial charge in [-0.05, 0) is 12.1 Å². The van der Waals surface area contributed by atoms with Crippen molar-refractivity contribution >= 4 is 28.9 Å². The van der Waals surface area contributed by atoms with Gasteiger partial charge in [-0.3, -0.25) is 19.7 Å². The fourth-order valence-corrected chi connectivity index (χ4v) is 2.38. The van der Waals surface area contributed by atoms with Gasteiger partial charge in [-0.25, -0.2) is 0 Å². The number of fused-ring (bicyclic) bond motifs is 1. The molecular formula is C16H8ClNO5. The molecule has 1 aliphatic rings. The zero-order valence-electron chi connectivity index (χ0n) is 11.5. The van der Waals surface area contributed by atoms with Gasteiger partial charge in [-0.15, -0.1) is 0 Å². The molecule has 0 bridgehead atoms. The van der Waals surface area contributed by atoms with Crippen molar-refractivity contribution in [3.8, 4) is 5.75 Å². The molecule has 1 aliphatic carbocycles. The third kappa shape index (κ3) is 2.72. The van der Waals surface area contributed by atoms with E-state index >= 15 is 0 Å². The number of ether oxygens (including phenoxy) is 1. The predicted molar refractivity (Wildman–Crippen MR) is 81.9 cm³/mol. The lowest BCUT2D eigenvalue weighted by Gasteiger charge is -2.15. The molecule has 114 valence electrons. The van der Waals surface area contributed by atoms with Gasteiger partial charge in [0.15, 0.2) is 11.5 Å². The number of allylic oxidation sites excluding steroid dienone is 2. The van der Waals surface area contributed by atoms with Crippen LogP contribution >= 0.6 is 11.6 Å². The van der Waals surface area contributed by atoms with E-state index in [1.807, 2.05) is 0 Å². The summed E-state index contributed by atoms with van der Waals surface area (Å²) in [5.74, 6) is -0.963. The largest absolute Gasteiger partial charge is 0.453 e. The average Bonchev–Trinajstić information content (AvgIpc) is 2.54. The van der Waals surface area contributed by atoms with Gasteiger partial charge < -0.3 is 4.74 Å². The third-order valence-corrected chi connectivity index (χ3v) is 3.58. The quantitative estimate of drug-likeness (QED) is 0.634. The molecule has 0 heterocycles. The van der Waals surface area contributed by atoms with E-state index < -0.39 is 10.7 Å². The van der Waals surface area contributed by atoms with Crippen LogP contribution in [0.2, 0.25) is 5.02 Å². The number of rotatable bonds is 3. The maximum Gasteiger partial charge on any atom is 0.291 e. The van der Waals surface area contributed by atoms with E-state index in [9.17, 15) is 19.7 Å². The first-order chi connectivity index (χ1) is 11.0. The first kappa shape index (κ1) is 14.9. The lowest BCUT2D eigenvalue weighted by atomic mass is 9.94. The summed E-state index contributed by atoms with van der Waals surface area (Å²) in [6.07, 6.45) is 1.07. The number of carbonyl (C=O) groups is 2. The number of halogens is 1. The van der Waals surface area contributed by atoms with Crippen molar-refractivity contribution in [1.29, 1.82) is 0 Å². The second-order valence-electron chi connectivity index (χ2n) is 4.72. The van der Waals surface area contributed by atoms with Gasteiger partial charge in [0, 0.05) is 17.2 Å². The molecule has 0 spiro atoms. The Balaban J connectivity index is 1.96. The Morgan fingerprint density at radius 2 is 1.74 bits per heavy atom. The minimum absolute atomic E-state index is 0.0484. The second kappa shape index (κ2) is 5.66. The highest BCUT2D eigenvalue weighted by Gasteiger charge is 2.27. The molecule has 0 saturated carbocycles. The van der Waals surface area contributed by atoms with Crippen LogP contribution in [0.4, 0.5) is 5.69 Å². The zero-order chi connectivity index (χ0) is 16.6. The fraction of sp³-hybridized carbons (Fsp3) is 0. The summed E-state index contributed by atoms with van der Waals surface area (Å²) in [6.45, 7) is 0. The molecule has 0 amide bonds. The highest BCUT2D eigenvalue weighted by Crippen LogP contribution is 2.31. The summed E-state index contributed by atoms with van der Waals surface area (Å²) < 4.78 is 5.37. The molecule has 0 atom stereocenters. The van der Waals surface area contributed by atoms with Crippen LogP contribution < -0.4 is 4.74 Å². The molecule has 0 radical (unpaired) electrons. The van der Waals surface area contributed by atoms with E-state index in [2.05, 4.69) is 0 Å². The van der Waals surface area contributed by atoms with Crippen LogP contribution in [0.3, 0.4) is 0 Å². The Kier molecular flexibility index (Phi) is 3.67. The summed E-state index contributed by atoms with van der Waals surface area (Å²) in [5.41, 5.74) is 0.185. The van der Waals surface area contributed by atoms with E-state index in [0.29, 0.717) is 5.56 Å². The van der Waals surface area contributed by atoms with Crippen molar-refractivity contribution in [2.45, 2.75) is 0 Å². The number of hydrogen-bond donors (Lipinski definition) is 0. The van der Waals surface area contributed by atoms with Crippen LogP contribution in [-0.4, -0.2) is 16.5 Å². The molecule has 0 N–H and O–H groups in total. The van der Waals surface area contributed by atoms with Gasteiger partial charge in [-0.1, -0.05) is 35.9 Å². The number of nitro groups is 1. The Morgan fingerprint density at radius 3 is 2.43 bits per heavy atom. The van der Waals surface area contributed by atoms with Crippen LogP contribution in [0.5, 0.6) is 5.75 Å². The maximum absolute atomic E-state index is 12.3. The fourth-order valence-electron chi connectivity index (χ4n) is 2.19. The van der Waals surface area contributed by atoms with Gasteiger partial charge in [0.1, 0.15) is 10.8 Å². The Morgan fingerprint density at radius 1 is 1.04 bits per heavy atom. The highest BCUT2D eigenvalue weighted by molar-refractivity contribution is 6.32. The van der Waals surface area contributed by atoms with Crippen LogP contribution in [0.15, 0.2) is 54.3 Å². The molecule has 2 aromatic carbocycles. The number of ketones is 2. The molecule has 0 saturated heterocycles. The molecule has 0 aliphatic heterocycles. The molecule has 0 fully saturated rings. The standard InChI is InChI=1S/C16H8ClNO5/c17-12-6-5-9(7-13(12)18(21)22)23-15-8-14(19)10-3-1-2-4-11(10)16(15)20/h1-8H. The zero-order valence-corrected chi connectivity index (χ0v) is 12.2. The number of benzene rings is 2. The molecule has 7 heteroatoms. The molecule has 0 unspecified atom stereocenters. The first-order valence-electron chi connectivity index (χ1n) is 6.49. The van der Waals surface area contributed by atoms with Crippen LogP contribution in [0.1, 0.15) is 20.7 Å². The number of nitrogens with zero attached hydrogens (tertiary/aromatic N) is 1. The van der Waals surface area contributed by atoms with E-state index in [4.69, 9.17) is 16.3 Å². The summed E-state index contributed by atoms with van der Waals surface area (Å²) in [6, 6.07) is 10.1. The molecule has 23 heavy (non-hydrogen) atoms. The molecule has 3 rings (SSSR count). The Hall–Kier alpha value is -2.99. The lowest BCUT2D eigenvalue weighted by Crippen LogP contribution is -2.20. The van der Waals surface area contributed by atoms with Crippen molar-refractivity contribution in [1.82, 2.24) is 0 Å². The van der Waals surface area contributed by atoms with Gasteiger partial charge >= 0.3 is 0 Å². The van der Waals surface area contributed by atoms with Crippen molar-refractivity contribution in [3.63, 3.8) is 0 Å². The number of hydrogen-bond acceptors (Lipinski definition) is 5. The van der Waals surface area contributed by atoms with E-state index in [-0.39, 0.29) is 33.6 Å². The van der Waals surface area contributed by atoms with Gasteiger partial charge in [0.25, 0.3) is 5.69 Å². The van der Waals surface area contributed by atoms with Crippen molar-refractivity contribution in [3.05, 3.63) is 80.6 Å². The molecule has 0 aromatic heterocycles. The van der Waals surface area contributed by atoms with E-state index in [1.54, 1.807) is 18.2 Å². The van der Waals surface area contributed by atoms with E-state index in [0.717, 1.165) is 12.1 Å². The van der Waals surface area contributed by atoms with Gasteiger partial charge in [0.05, 0.1) is 11.0 Å².